The molecule has 2 heteroatoms. The van der Waals surface area contributed by atoms with Gasteiger partial charge in [-0.25, -0.2) is 0 Å². The molecular formula is C22H28N2. The Bertz CT molecular complexity index is 836. The molecule has 0 fully saturated rings. The molecule has 0 atom stereocenters. The number of hydrogen-bond acceptors (Lipinski definition) is 1. The minimum Gasteiger partial charge on any atom is -0.347 e. The predicted octanol–water partition coefficient (Wildman–Crippen LogP) is 5.08. The van der Waals surface area contributed by atoms with E-state index in [1.54, 1.807) is 0 Å². The zero-order chi connectivity index (χ0) is 17.3. The van der Waals surface area contributed by atoms with Gasteiger partial charge in [-0.3, -0.25) is 0 Å². The summed E-state index contributed by atoms with van der Waals surface area (Å²) in [6.45, 7) is 10.7. The first kappa shape index (κ1) is 16.8. The summed E-state index contributed by atoms with van der Waals surface area (Å²) in [5.41, 5.74) is 13.8. The van der Waals surface area contributed by atoms with Crippen LogP contribution in [-0.4, -0.2) is 11.1 Å². The van der Waals surface area contributed by atoms with Crippen molar-refractivity contribution in [1.82, 2.24) is 4.57 Å². The number of benzene rings is 2. The summed E-state index contributed by atoms with van der Waals surface area (Å²) in [5, 5.41) is 1.34. The minimum absolute atomic E-state index is 0.621. The maximum absolute atomic E-state index is 5.81. The fourth-order valence-electron chi connectivity index (χ4n) is 3.69. The fourth-order valence-corrected chi connectivity index (χ4v) is 3.69. The van der Waals surface area contributed by atoms with Crippen LogP contribution in [0.5, 0.6) is 0 Å². The van der Waals surface area contributed by atoms with Crippen molar-refractivity contribution in [3.05, 3.63) is 59.3 Å². The first-order valence-electron chi connectivity index (χ1n) is 8.89. The van der Waals surface area contributed by atoms with Gasteiger partial charge in [0.2, 0.25) is 0 Å². The summed E-state index contributed by atoms with van der Waals surface area (Å²) in [4.78, 5) is 0. The Morgan fingerprint density at radius 3 is 2.38 bits per heavy atom. The third kappa shape index (κ3) is 3.11. The largest absolute Gasteiger partial charge is 0.347 e. The molecule has 1 aromatic heterocycles. The highest BCUT2D eigenvalue weighted by Gasteiger charge is 2.12. The molecular weight excluding hydrogens is 292 g/mol. The summed E-state index contributed by atoms with van der Waals surface area (Å²) in [6.07, 6.45) is 3.23. The van der Waals surface area contributed by atoms with Crippen molar-refractivity contribution >= 4 is 10.9 Å². The SMILES string of the molecule is Cc1cccc(C)c1-c1ccc2c(CCN)cn(CC(C)C)c2c1. The quantitative estimate of drug-likeness (QED) is 0.698. The molecule has 2 nitrogen and oxygen atoms in total. The normalized spacial score (nSPS) is 11.6. The van der Waals surface area contributed by atoms with Crippen molar-refractivity contribution in [2.45, 2.75) is 40.7 Å². The van der Waals surface area contributed by atoms with Crippen molar-refractivity contribution in [2.24, 2.45) is 11.7 Å². The van der Waals surface area contributed by atoms with Crippen LogP contribution in [0, 0.1) is 19.8 Å². The van der Waals surface area contributed by atoms with Gasteiger partial charge in [0, 0.05) is 23.6 Å². The van der Waals surface area contributed by atoms with E-state index in [9.17, 15) is 0 Å². The summed E-state index contributed by atoms with van der Waals surface area (Å²) >= 11 is 0. The average Bonchev–Trinajstić information content (AvgIpc) is 2.84. The van der Waals surface area contributed by atoms with Crippen LogP contribution in [0.15, 0.2) is 42.6 Å². The minimum atomic E-state index is 0.621. The van der Waals surface area contributed by atoms with Gasteiger partial charge < -0.3 is 10.3 Å². The van der Waals surface area contributed by atoms with Crippen molar-refractivity contribution < 1.29 is 0 Å². The lowest BCUT2D eigenvalue weighted by molar-refractivity contribution is 0.534. The molecule has 3 aromatic rings. The van der Waals surface area contributed by atoms with E-state index in [0.717, 1.165) is 13.0 Å². The molecule has 0 radical (unpaired) electrons. The summed E-state index contributed by atoms with van der Waals surface area (Å²) < 4.78 is 2.40. The maximum atomic E-state index is 5.81. The summed E-state index contributed by atoms with van der Waals surface area (Å²) in [5.74, 6) is 0.621. The Balaban J connectivity index is 2.19. The zero-order valence-corrected chi connectivity index (χ0v) is 15.3. The van der Waals surface area contributed by atoms with Crippen LogP contribution in [0.4, 0.5) is 0 Å². The van der Waals surface area contributed by atoms with E-state index in [0.29, 0.717) is 12.5 Å². The number of nitrogens with two attached hydrogens (primary N) is 1. The zero-order valence-electron chi connectivity index (χ0n) is 15.3. The molecule has 3 rings (SSSR count). The Morgan fingerprint density at radius 2 is 1.75 bits per heavy atom. The number of aryl methyl sites for hydroxylation is 2. The number of aromatic nitrogens is 1. The van der Waals surface area contributed by atoms with E-state index in [-0.39, 0.29) is 0 Å². The van der Waals surface area contributed by atoms with E-state index < -0.39 is 0 Å². The van der Waals surface area contributed by atoms with Gasteiger partial charge in [-0.05, 0) is 66.6 Å². The Hall–Kier alpha value is -2.06. The fraction of sp³-hybridized carbons (Fsp3) is 0.364. The van der Waals surface area contributed by atoms with Crippen molar-refractivity contribution in [3.8, 4) is 11.1 Å². The Labute approximate surface area is 145 Å². The van der Waals surface area contributed by atoms with Gasteiger partial charge in [0.15, 0.2) is 0 Å². The molecule has 1 heterocycles. The number of fused-ring (bicyclic) bond motifs is 1. The van der Waals surface area contributed by atoms with E-state index in [2.05, 4.69) is 74.9 Å². The van der Waals surface area contributed by atoms with Crippen LogP contribution in [0.1, 0.15) is 30.5 Å². The monoisotopic (exact) mass is 320 g/mol. The summed E-state index contributed by atoms with van der Waals surface area (Å²) in [6, 6.07) is 13.4. The standard InChI is InChI=1S/C22H28N2/c1-15(2)13-24-14-19(10-11-23)20-9-8-18(12-21(20)24)22-16(3)6-5-7-17(22)4/h5-9,12,14-15H,10-11,13,23H2,1-4H3. The molecule has 0 aliphatic carbocycles. The van der Waals surface area contributed by atoms with Crippen LogP contribution < -0.4 is 5.73 Å². The Morgan fingerprint density at radius 1 is 1.04 bits per heavy atom. The van der Waals surface area contributed by atoms with Crippen molar-refractivity contribution in [2.75, 3.05) is 6.54 Å². The smallest absolute Gasteiger partial charge is 0.0489 e. The van der Waals surface area contributed by atoms with E-state index in [1.807, 2.05) is 0 Å². The van der Waals surface area contributed by atoms with Gasteiger partial charge in [-0.1, -0.05) is 44.2 Å². The highest BCUT2D eigenvalue weighted by molar-refractivity contribution is 5.89. The lowest BCUT2D eigenvalue weighted by Crippen LogP contribution is -2.04. The van der Waals surface area contributed by atoms with Crippen molar-refractivity contribution in [3.63, 3.8) is 0 Å². The molecule has 0 unspecified atom stereocenters. The molecule has 0 saturated carbocycles. The molecule has 0 saturated heterocycles. The van der Waals surface area contributed by atoms with Crippen LogP contribution in [-0.2, 0) is 13.0 Å². The second-order valence-electron chi connectivity index (χ2n) is 7.24. The Kier molecular flexibility index (Phi) is 4.77. The first-order chi connectivity index (χ1) is 11.5. The molecule has 0 spiro atoms. The van der Waals surface area contributed by atoms with Gasteiger partial charge in [-0.2, -0.15) is 0 Å². The van der Waals surface area contributed by atoms with Gasteiger partial charge >= 0.3 is 0 Å². The predicted molar refractivity (Wildman–Crippen MR) is 104 cm³/mol. The van der Waals surface area contributed by atoms with Gasteiger partial charge in [-0.15, -0.1) is 0 Å². The molecule has 0 bridgehead atoms. The molecule has 24 heavy (non-hydrogen) atoms. The topological polar surface area (TPSA) is 30.9 Å². The van der Waals surface area contributed by atoms with Gasteiger partial charge in [0.1, 0.15) is 0 Å². The van der Waals surface area contributed by atoms with E-state index in [1.165, 1.54) is 38.7 Å². The summed E-state index contributed by atoms with van der Waals surface area (Å²) in [7, 11) is 0. The van der Waals surface area contributed by atoms with Crippen LogP contribution in [0.3, 0.4) is 0 Å². The second kappa shape index (κ2) is 6.82. The van der Waals surface area contributed by atoms with Crippen LogP contribution in [0.25, 0.3) is 22.0 Å². The molecule has 2 aromatic carbocycles. The number of rotatable bonds is 5. The highest BCUT2D eigenvalue weighted by atomic mass is 15.0. The third-order valence-electron chi connectivity index (χ3n) is 4.71. The number of nitrogens with zero attached hydrogens (tertiary/aromatic N) is 1. The van der Waals surface area contributed by atoms with Crippen LogP contribution >= 0.6 is 0 Å². The van der Waals surface area contributed by atoms with E-state index in [4.69, 9.17) is 5.73 Å². The molecule has 0 aliphatic rings. The lowest BCUT2D eigenvalue weighted by Gasteiger charge is -2.12. The van der Waals surface area contributed by atoms with Gasteiger partial charge in [0.05, 0.1) is 0 Å². The number of hydrogen-bond donors (Lipinski definition) is 1. The molecule has 126 valence electrons. The molecule has 0 aliphatic heterocycles. The van der Waals surface area contributed by atoms with Crippen molar-refractivity contribution in [1.29, 1.82) is 0 Å². The van der Waals surface area contributed by atoms with Gasteiger partial charge in [0.25, 0.3) is 0 Å². The van der Waals surface area contributed by atoms with E-state index >= 15 is 0 Å². The molecule has 0 amide bonds. The second-order valence-corrected chi connectivity index (χ2v) is 7.24. The van der Waals surface area contributed by atoms with Crippen LogP contribution in [0.2, 0.25) is 0 Å². The average molecular weight is 320 g/mol. The first-order valence-corrected chi connectivity index (χ1v) is 8.89. The third-order valence-corrected chi connectivity index (χ3v) is 4.71. The highest BCUT2D eigenvalue weighted by Crippen LogP contribution is 2.32. The lowest BCUT2D eigenvalue weighted by atomic mass is 9.95. The molecule has 2 N–H and O–H groups in total. The maximum Gasteiger partial charge on any atom is 0.0489 e.